The number of oxazole rings is 1. The molecule has 108 valence electrons. The lowest BCUT2D eigenvalue weighted by Crippen LogP contribution is -2.12. The van der Waals surface area contributed by atoms with Crippen molar-refractivity contribution < 1.29 is 13.6 Å². The van der Waals surface area contributed by atoms with Crippen LogP contribution in [0, 0.1) is 5.82 Å². The van der Waals surface area contributed by atoms with E-state index in [2.05, 4.69) is 10.3 Å². The summed E-state index contributed by atoms with van der Waals surface area (Å²) in [7, 11) is 0. The maximum absolute atomic E-state index is 13.2. The summed E-state index contributed by atoms with van der Waals surface area (Å²) in [6, 6.07) is 9.91. The maximum Gasteiger partial charge on any atom is 0.251 e. The van der Waals surface area contributed by atoms with Crippen LogP contribution in [0.15, 0.2) is 53.4 Å². The Hall–Kier alpha value is -2.95. The lowest BCUT2D eigenvalue weighted by molar-refractivity contribution is 0.0966. The third-order valence-corrected chi connectivity index (χ3v) is 3.78. The normalized spacial score (nSPS) is 13.0. The Morgan fingerprint density at radius 2 is 1.91 bits per heavy atom. The number of nitrogens with one attached hydrogen (secondary N) is 1. The number of fused-ring (bicyclic) bond motifs is 1. The molecule has 0 radical (unpaired) electrons. The molecular formula is C17H11FN2O2. The van der Waals surface area contributed by atoms with Crippen molar-refractivity contribution in [1.29, 1.82) is 0 Å². The van der Waals surface area contributed by atoms with Crippen LogP contribution in [-0.4, -0.2) is 10.9 Å². The number of carbonyl (C=O) groups excluding carboxylic acids is 1. The Kier molecular flexibility index (Phi) is 2.79. The van der Waals surface area contributed by atoms with Crippen molar-refractivity contribution in [3.05, 3.63) is 65.9 Å². The molecule has 1 aromatic heterocycles. The number of amides is 1. The predicted octanol–water partition coefficient (Wildman–Crippen LogP) is 3.39. The molecule has 2 heterocycles. The van der Waals surface area contributed by atoms with Crippen LogP contribution in [0.5, 0.6) is 0 Å². The van der Waals surface area contributed by atoms with Gasteiger partial charge in [0.25, 0.3) is 5.91 Å². The minimum absolute atomic E-state index is 0.0949. The van der Waals surface area contributed by atoms with E-state index in [1.54, 1.807) is 18.3 Å². The van der Waals surface area contributed by atoms with E-state index in [4.69, 9.17) is 4.42 Å². The fraction of sp³-hybridized carbons (Fsp3) is 0.0588. The fourth-order valence-corrected chi connectivity index (χ4v) is 2.69. The largest absolute Gasteiger partial charge is 0.443 e. The van der Waals surface area contributed by atoms with Gasteiger partial charge in [-0.05, 0) is 41.0 Å². The molecule has 0 atom stereocenters. The summed E-state index contributed by atoms with van der Waals surface area (Å²) in [4.78, 5) is 15.8. The van der Waals surface area contributed by atoms with Gasteiger partial charge in [-0.3, -0.25) is 4.79 Å². The summed E-state index contributed by atoms with van der Waals surface area (Å²) in [6.07, 6.45) is 2.99. The summed E-state index contributed by atoms with van der Waals surface area (Å²) >= 11 is 0. The Bertz CT molecular complexity index is 855. The zero-order valence-electron chi connectivity index (χ0n) is 11.5. The second-order valence-electron chi connectivity index (χ2n) is 5.11. The molecule has 0 aliphatic carbocycles. The number of rotatable bonds is 2. The molecule has 1 aliphatic rings. The van der Waals surface area contributed by atoms with E-state index in [0.717, 1.165) is 22.3 Å². The SMILES string of the molecule is O=C1NCc2cc(-c3cnco3)c(-c3ccc(F)cc3)cc21. The molecule has 0 unspecified atom stereocenters. The number of hydrogen-bond acceptors (Lipinski definition) is 3. The summed E-state index contributed by atoms with van der Waals surface area (Å²) in [5, 5.41) is 2.80. The van der Waals surface area contributed by atoms with E-state index in [9.17, 15) is 9.18 Å². The minimum atomic E-state index is -0.302. The summed E-state index contributed by atoms with van der Waals surface area (Å²) in [5.41, 5.74) is 4.02. The van der Waals surface area contributed by atoms with Gasteiger partial charge in [-0.25, -0.2) is 9.37 Å². The van der Waals surface area contributed by atoms with E-state index in [1.165, 1.54) is 18.5 Å². The summed E-state index contributed by atoms with van der Waals surface area (Å²) in [5.74, 6) is 0.216. The molecule has 5 heteroatoms. The molecule has 0 spiro atoms. The summed E-state index contributed by atoms with van der Waals surface area (Å²) in [6.45, 7) is 0.499. The van der Waals surface area contributed by atoms with E-state index in [1.807, 2.05) is 12.1 Å². The number of carbonyl (C=O) groups is 1. The number of hydrogen-bond donors (Lipinski definition) is 1. The highest BCUT2D eigenvalue weighted by molar-refractivity contribution is 6.01. The van der Waals surface area contributed by atoms with E-state index in [-0.39, 0.29) is 11.7 Å². The second kappa shape index (κ2) is 4.80. The molecule has 2 aromatic carbocycles. The maximum atomic E-state index is 13.2. The van der Waals surface area contributed by atoms with Gasteiger partial charge in [0.15, 0.2) is 12.2 Å². The van der Waals surface area contributed by atoms with Gasteiger partial charge in [0.1, 0.15) is 5.82 Å². The molecular weight excluding hydrogens is 283 g/mol. The molecule has 1 aliphatic heterocycles. The van der Waals surface area contributed by atoms with E-state index in [0.29, 0.717) is 17.9 Å². The first kappa shape index (κ1) is 12.8. The molecule has 22 heavy (non-hydrogen) atoms. The minimum Gasteiger partial charge on any atom is -0.443 e. The number of benzene rings is 2. The molecule has 1 amide bonds. The van der Waals surface area contributed by atoms with Crippen molar-refractivity contribution in [1.82, 2.24) is 10.3 Å². The van der Waals surface area contributed by atoms with Crippen molar-refractivity contribution in [2.45, 2.75) is 6.54 Å². The van der Waals surface area contributed by atoms with E-state index < -0.39 is 0 Å². The van der Waals surface area contributed by atoms with Gasteiger partial charge in [-0.1, -0.05) is 12.1 Å². The lowest BCUT2D eigenvalue weighted by Gasteiger charge is -2.10. The molecule has 0 fully saturated rings. The average Bonchev–Trinajstić information content (AvgIpc) is 3.17. The smallest absolute Gasteiger partial charge is 0.251 e. The van der Waals surface area contributed by atoms with Gasteiger partial charge in [0.05, 0.1) is 6.20 Å². The van der Waals surface area contributed by atoms with Crippen molar-refractivity contribution in [2.75, 3.05) is 0 Å². The molecule has 1 N–H and O–H groups in total. The zero-order valence-corrected chi connectivity index (χ0v) is 11.5. The van der Waals surface area contributed by atoms with Gasteiger partial charge >= 0.3 is 0 Å². The number of aromatic nitrogens is 1. The van der Waals surface area contributed by atoms with Crippen LogP contribution in [0.25, 0.3) is 22.5 Å². The van der Waals surface area contributed by atoms with E-state index >= 15 is 0 Å². The zero-order chi connectivity index (χ0) is 15.1. The average molecular weight is 294 g/mol. The van der Waals surface area contributed by atoms with Crippen LogP contribution in [0.1, 0.15) is 15.9 Å². The molecule has 0 bridgehead atoms. The molecule has 0 saturated heterocycles. The van der Waals surface area contributed by atoms with Crippen LogP contribution in [-0.2, 0) is 6.54 Å². The quantitative estimate of drug-likeness (QED) is 0.788. The first-order valence-electron chi connectivity index (χ1n) is 6.82. The van der Waals surface area contributed by atoms with Gasteiger partial charge in [-0.2, -0.15) is 0 Å². The van der Waals surface area contributed by atoms with Crippen LogP contribution < -0.4 is 5.32 Å². The Morgan fingerprint density at radius 1 is 1.09 bits per heavy atom. The van der Waals surface area contributed by atoms with Gasteiger partial charge < -0.3 is 9.73 Å². The number of halogens is 1. The van der Waals surface area contributed by atoms with Crippen molar-refractivity contribution in [3.8, 4) is 22.5 Å². The molecule has 0 saturated carbocycles. The lowest BCUT2D eigenvalue weighted by atomic mass is 9.93. The second-order valence-corrected chi connectivity index (χ2v) is 5.11. The topological polar surface area (TPSA) is 55.1 Å². The highest BCUT2D eigenvalue weighted by Gasteiger charge is 2.23. The van der Waals surface area contributed by atoms with Crippen LogP contribution in [0.2, 0.25) is 0 Å². The van der Waals surface area contributed by atoms with Crippen molar-refractivity contribution in [3.63, 3.8) is 0 Å². The Labute approximate surface area is 125 Å². The first-order chi connectivity index (χ1) is 10.7. The molecule has 4 nitrogen and oxygen atoms in total. The monoisotopic (exact) mass is 294 g/mol. The Balaban J connectivity index is 1.97. The number of nitrogens with zero attached hydrogens (tertiary/aromatic N) is 1. The van der Waals surface area contributed by atoms with Crippen LogP contribution in [0.3, 0.4) is 0 Å². The predicted molar refractivity (Wildman–Crippen MR) is 78.5 cm³/mol. The highest BCUT2D eigenvalue weighted by Crippen LogP contribution is 2.35. The van der Waals surface area contributed by atoms with Gasteiger partial charge in [-0.15, -0.1) is 0 Å². The van der Waals surface area contributed by atoms with Crippen molar-refractivity contribution in [2.24, 2.45) is 0 Å². The third kappa shape index (κ3) is 1.98. The van der Waals surface area contributed by atoms with Gasteiger partial charge in [0.2, 0.25) is 0 Å². The molecule has 3 aromatic rings. The van der Waals surface area contributed by atoms with Crippen molar-refractivity contribution >= 4 is 5.91 Å². The summed E-state index contributed by atoms with van der Waals surface area (Å²) < 4.78 is 18.6. The third-order valence-electron chi connectivity index (χ3n) is 3.78. The van der Waals surface area contributed by atoms with Crippen LogP contribution >= 0.6 is 0 Å². The standard InChI is InChI=1S/C17H11FN2O2/c18-12-3-1-10(2-4-12)13-6-14-11(7-20-17(14)21)5-15(13)16-8-19-9-22-16/h1-6,8-9H,7H2,(H,20,21). The van der Waals surface area contributed by atoms with Crippen LogP contribution in [0.4, 0.5) is 4.39 Å². The highest BCUT2D eigenvalue weighted by atomic mass is 19.1. The Morgan fingerprint density at radius 3 is 2.64 bits per heavy atom. The van der Waals surface area contributed by atoms with Gasteiger partial charge in [0, 0.05) is 17.7 Å². The fourth-order valence-electron chi connectivity index (χ4n) is 2.69. The molecule has 4 rings (SSSR count). The first-order valence-corrected chi connectivity index (χ1v) is 6.82.